The summed E-state index contributed by atoms with van der Waals surface area (Å²) in [6, 6.07) is 1.96. The minimum Gasteiger partial charge on any atom is -0.308 e. The molecule has 19 heavy (non-hydrogen) atoms. The summed E-state index contributed by atoms with van der Waals surface area (Å²) < 4.78 is 39.7. The van der Waals surface area contributed by atoms with E-state index in [1.807, 2.05) is 0 Å². The van der Waals surface area contributed by atoms with Gasteiger partial charge in [-0.1, -0.05) is 0 Å². The summed E-state index contributed by atoms with van der Waals surface area (Å²) in [7, 11) is 0. The lowest BCUT2D eigenvalue weighted by atomic mass is 10.2. The van der Waals surface area contributed by atoms with Gasteiger partial charge in [-0.15, -0.1) is 0 Å². The monoisotopic (exact) mass is 270 g/mol. The second kappa shape index (κ2) is 4.52. The summed E-state index contributed by atoms with van der Waals surface area (Å²) in [6.45, 7) is 0.311. The van der Waals surface area contributed by atoms with Crippen molar-refractivity contribution in [2.75, 3.05) is 11.4 Å². The van der Waals surface area contributed by atoms with E-state index in [9.17, 15) is 18.0 Å². The number of benzene rings is 1. The summed E-state index contributed by atoms with van der Waals surface area (Å²) in [4.78, 5) is 13.3. The average Bonchev–Trinajstić information content (AvgIpc) is 3.14. The molecule has 0 spiro atoms. The summed E-state index contributed by atoms with van der Waals surface area (Å²) in [5.41, 5.74) is -0.191. The van der Waals surface area contributed by atoms with Crippen molar-refractivity contribution in [1.29, 1.82) is 0 Å². The predicted octanol–water partition coefficient (Wildman–Crippen LogP) is 1.96. The van der Waals surface area contributed by atoms with Crippen LogP contribution in [0.1, 0.15) is 19.3 Å². The average molecular weight is 270 g/mol. The number of hydrogen-bond donors (Lipinski definition) is 1. The highest BCUT2D eigenvalue weighted by Crippen LogP contribution is 2.29. The first kappa shape index (κ1) is 12.5. The maximum absolute atomic E-state index is 13.7. The van der Waals surface area contributed by atoms with E-state index in [0.717, 1.165) is 25.0 Å². The Labute approximate surface area is 108 Å². The number of carbonyl (C=O) groups excluding carboxylic acids is 1. The Hall–Kier alpha value is -1.56. The molecule has 1 atom stereocenters. The van der Waals surface area contributed by atoms with Gasteiger partial charge in [-0.2, -0.15) is 0 Å². The molecule has 1 aromatic carbocycles. The van der Waals surface area contributed by atoms with Crippen molar-refractivity contribution in [3.8, 4) is 0 Å². The standard InChI is InChI=1S/C13H13F3N2O/c14-8-3-4-10(12(16)11(8)15)18-6-5-9(13(18)19)17-7-1-2-7/h3-4,7,9,17H,1-2,5-6H2. The maximum Gasteiger partial charge on any atom is 0.244 e. The molecule has 1 N–H and O–H groups in total. The molecule has 1 saturated carbocycles. The molecule has 6 heteroatoms. The lowest BCUT2D eigenvalue weighted by Crippen LogP contribution is -2.39. The van der Waals surface area contributed by atoms with Crippen LogP contribution in [0.5, 0.6) is 0 Å². The van der Waals surface area contributed by atoms with Crippen LogP contribution in [-0.2, 0) is 4.79 Å². The van der Waals surface area contributed by atoms with Gasteiger partial charge in [0.1, 0.15) is 0 Å². The Morgan fingerprint density at radius 3 is 2.53 bits per heavy atom. The predicted molar refractivity (Wildman–Crippen MR) is 63.2 cm³/mol. The fourth-order valence-corrected chi connectivity index (χ4v) is 2.33. The van der Waals surface area contributed by atoms with Gasteiger partial charge in [-0.05, 0) is 31.4 Å². The molecule has 1 heterocycles. The molecular weight excluding hydrogens is 257 g/mol. The van der Waals surface area contributed by atoms with Crippen LogP contribution in [0.4, 0.5) is 18.9 Å². The highest BCUT2D eigenvalue weighted by molar-refractivity contribution is 5.99. The summed E-state index contributed by atoms with van der Waals surface area (Å²) in [5.74, 6) is -4.37. The molecule has 3 nitrogen and oxygen atoms in total. The van der Waals surface area contributed by atoms with E-state index in [1.54, 1.807) is 0 Å². The van der Waals surface area contributed by atoms with Crippen molar-refractivity contribution in [2.24, 2.45) is 0 Å². The Balaban J connectivity index is 1.83. The van der Waals surface area contributed by atoms with Crippen LogP contribution >= 0.6 is 0 Å². The van der Waals surface area contributed by atoms with Crippen molar-refractivity contribution in [1.82, 2.24) is 5.32 Å². The molecular formula is C13H13F3N2O. The molecule has 1 aliphatic heterocycles. The number of halogens is 3. The number of nitrogens with zero attached hydrogens (tertiary/aromatic N) is 1. The zero-order valence-corrected chi connectivity index (χ0v) is 10.1. The number of nitrogens with one attached hydrogen (secondary N) is 1. The van der Waals surface area contributed by atoms with Crippen LogP contribution < -0.4 is 10.2 Å². The van der Waals surface area contributed by atoms with Gasteiger partial charge in [0.05, 0.1) is 11.7 Å². The van der Waals surface area contributed by atoms with Crippen LogP contribution in [0.2, 0.25) is 0 Å². The third-order valence-corrected chi connectivity index (χ3v) is 3.53. The molecule has 0 aromatic heterocycles. The van der Waals surface area contributed by atoms with Gasteiger partial charge in [0.2, 0.25) is 5.91 Å². The minimum atomic E-state index is -1.54. The third-order valence-electron chi connectivity index (χ3n) is 3.53. The van der Waals surface area contributed by atoms with Crippen molar-refractivity contribution < 1.29 is 18.0 Å². The van der Waals surface area contributed by atoms with E-state index < -0.39 is 17.5 Å². The first-order valence-corrected chi connectivity index (χ1v) is 6.29. The van der Waals surface area contributed by atoms with E-state index in [0.29, 0.717) is 19.0 Å². The van der Waals surface area contributed by atoms with Gasteiger partial charge in [0.25, 0.3) is 0 Å². The molecule has 1 saturated heterocycles. The van der Waals surface area contributed by atoms with E-state index in [1.165, 1.54) is 4.90 Å². The summed E-state index contributed by atoms with van der Waals surface area (Å²) >= 11 is 0. The van der Waals surface area contributed by atoms with Crippen LogP contribution in [0, 0.1) is 17.5 Å². The molecule has 3 rings (SSSR count). The van der Waals surface area contributed by atoms with Crippen LogP contribution in [-0.4, -0.2) is 24.5 Å². The first-order valence-electron chi connectivity index (χ1n) is 6.29. The SMILES string of the molecule is O=C1C(NC2CC2)CCN1c1ccc(F)c(F)c1F. The van der Waals surface area contributed by atoms with Crippen LogP contribution in [0.25, 0.3) is 0 Å². The number of hydrogen-bond acceptors (Lipinski definition) is 2. The fraction of sp³-hybridized carbons (Fsp3) is 0.462. The fourth-order valence-electron chi connectivity index (χ4n) is 2.33. The van der Waals surface area contributed by atoms with Gasteiger partial charge in [0, 0.05) is 12.6 Å². The van der Waals surface area contributed by atoms with Gasteiger partial charge >= 0.3 is 0 Å². The number of rotatable bonds is 3. The minimum absolute atomic E-state index is 0.191. The lowest BCUT2D eigenvalue weighted by molar-refractivity contribution is -0.118. The second-order valence-corrected chi connectivity index (χ2v) is 4.97. The van der Waals surface area contributed by atoms with Crippen molar-refractivity contribution in [2.45, 2.75) is 31.3 Å². The molecule has 2 aliphatic rings. The van der Waals surface area contributed by atoms with Crippen LogP contribution in [0.15, 0.2) is 12.1 Å². The highest BCUT2D eigenvalue weighted by atomic mass is 19.2. The Bertz CT molecular complexity index is 531. The number of anilines is 1. The zero-order chi connectivity index (χ0) is 13.6. The molecule has 1 aliphatic carbocycles. The largest absolute Gasteiger partial charge is 0.308 e. The highest BCUT2D eigenvalue weighted by Gasteiger charge is 2.37. The molecule has 1 aromatic rings. The normalized spacial score (nSPS) is 23.2. The molecule has 0 bridgehead atoms. The van der Waals surface area contributed by atoms with Gasteiger partial charge in [-0.25, -0.2) is 13.2 Å². The summed E-state index contributed by atoms with van der Waals surface area (Å²) in [5, 5.41) is 3.17. The zero-order valence-electron chi connectivity index (χ0n) is 10.1. The Morgan fingerprint density at radius 1 is 1.11 bits per heavy atom. The molecule has 1 amide bonds. The van der Waals surface area contributed by atoms with Gasteiger partial charge in [0.15, 0.2) is 17.5 Å². The smallest absolute Gasteiger partial charge is 0.244 e. The second-order valence-electron chi connectivity index (χ2n) is 4.97. The van der Waals surface area contributed by atoms with Crippen molar-refractivity contribution >= 4 is 11.6 Å². The number of carbonyl (C=O) groups is 1. The molecule has 1 unspecified atom stereocenters. The van der Waals surface area contributed by atoms with Gasteiger partial charge < -0.3 is 10.2 Å². The molecule has 102 valence electrons. The Kier molecular flexibility index (Phi) is 2.97. The van der Waals surface area contributed by atoms with E-state index in [4.69, 9.17) is 0 Å². The number of amides is 1. The first-order chi connectivity index (χ1) is 9.08. The van der Waals surface area contributed by atoms with Crippen molar-refractivity contribution in [3.63, 3.8) is 0 Å². The third kappa shape index (κ3) is 2.20. The van der Waals surface area contributed by atoms with Crippen molar-refractivity contribution in [3.05, 3.63) is 29.6 Å². The Morgan fingerprint density at radius 2 is 1.84 bits per heavy atom. The summed E-state index contributed by atoms with van der Waals surface area (Å²) in [6.07, 6.45) is 2.64. The molecule has 2 fully saturated rings. The lowest BCUT2D eigenvalue weighted by Gasteiger charge is -2.18. The van der Waals surface area contributed by atoms with E-state index >= 15 is 0 Å². The van der Waals surface area contributed by atoms with Crippen LogP contribution in [0.3, 0.4) is 0 Å². The quantitative estimate of drug-likeness (QED) is 0.852. The topological polar surface area (TPSA) is 32.3 Å². The van der Waals surface area contributed by atoms with E-state index in [2.05, 4.69) is 5.32 Å². The molecule has 0 radical (unpaired) electrons. The van der Waals surface area contributed by atoms with Gasteiger partial charge in [-0.3, -0.25) is 4.79 Å². The maximum atomic E-state index is 13.7. The van der Waals surface area contributed by atoms with E-state index in [-0.39, 0.29) is 17.6 Å².